The van der Waals surface area contributed by atoms with Crippen molar-refractivity contribution in [1.82, 2.24) is 9.88 Å². The summed E-state index contributed by atoms with van der Waals surface area (Å²) in [5, 5.41) is 2.08. The first-order valence-corrected chi connectivity index (χ1v) is 6.78. The average Bonchev–Trinajstić information content (AvgIpc) is 2.87. The summed E-state index contributed by atoms with van der Waals surface area (Å²) in [6.07, 6.45) is 4.02. The molecule has 1 aliphatic carbocycles. The molecule has 1 unspecified atom stereocenters. The molecule has 0 aliphatic heterocycles. The molecule has 1 aromatic heterocycles. The maximum atomic E-state index is 11.5. The molecule has 0 spiro atoms. The predicted octanol–water partition coefficient (Wildman–Crippen LogP) is 2.33. The molecule has 3 nitrogen and oxygen atoms in total. The number of nitrogens with zero attached hydrogens (tertiary/aromatic N) is 2. The number of carbonyl (C=O) groups excluding carboxylic acids is 1. The van der Waals surface area contributed by atoms with Gasteiger partial charge in [0, 0.05) is 24.3 Å². The minimum absolute atomic E-state index is 0.331. The van der Waals surface area contributed by atoms with Gasteiger partial charge < -0.3 is 4.90 Å². The minimum atomic E-state index is 0.331. The van der Waals surface area contributed by atoms with Crippen LogP contribution in [0.3, 0.4) is 0 Å². The molecule has 0 radical (unpaired) electrons. The van der Waals surface area contributed by atoms with Crippen molar-refractivity contribution in [3.8, 4) is 0 Å². The molecule has 0 N–H and O–H groups in total. The van der Waals surface area contributed by atoms with Gasteiger partial charge >= 0.3 is 0 Å². The van der Waals surface area contributed by atoms with Gasteiger partial charge in [0.15, 0.2) is 0 Å². The molecular formula is C12H18N2OS. The zero-order chi connectivity index (χ0) is 11.4. The minimum Gasteiger partial charge on any atom is -0.300 e. The molecule has 1 aliphatic rings. The molecule has 16 heavy (non-hydrogen) atoms. The van der Waals surface area contributed by atoms with Gasteiger partial charge in [-0.25, -0.2) is 4.98 Å². The maximum absolute atomic E-state index is 11.5. The van der Waals surface area contributed by atoms with Crippen LogP contribution < -0.4 is 0 Å². The number of Topliss-reactive ketones (excluding diaryl/α,β-unsaturated/α-hetero) is 1. The highest BCUT2D eigenvalue weighted by Gasteiger charge is 2.24. The van der Waals surface area contributed by atoms with E-state index in [0.717, 1.165) is 44.5 Å². The van der Waals surface area contributed by atoms with Crippen LogP contribution in [0.2, 0.25) is 0 Å². The lowest BCUT2D eigenvalue weighted by Crippen LogP contribution is -2.22. The van der Waals surface area contributed by atoms with E-state index in [0.29, 0.717) is 11.7 Å². The van der Waals surface area contributed by atoms with Gasteiger partial charge in [0.05, 0.1) is 11.2 Å². The second-order valence-electron chi connectivity index (χ2n) is 4.56. The van der Waals surface area contributed by atoms with Gasteiger partial charge in [0.2, 0.25) is 0 Å². The van der Waals surface area contributed by atoms with Crippen molar-refractivity contribution >= 4 is 17.1 Å². The first-order chi connectivity index (χ1) is 7.75. The lowest BCUT2D eigenvalue weighted by Gasteiger charge is -2.17. The number of aromatic nitrogens is 1. The van der Waals surface area contributed by atoms with Gasteiger partial charge in [0.1, 0.15) is 5.78 Å². The summed E-state index contributed by atoms with van der Waals surface area (Å²) in [6.45, 7) is 1.89. The number of carbonyl (C=O) groups is 1. The quantitative estimate of drug-likeness (QED) is 0.789. The largest absolute Gasteiger partial charge is 0.300 e. The van der Waals surface area contributed by atoms with Crippen LogP contribution in [0.1, 0.15) is 31.4 Å². The number of thiazole rings is 1. The van der Waals surface area contributed by atoms with Crippen LogP contribution in [0, 0.1) is 5.92 Å². The highest BCUT2D eigenvalue weighted by Crippen LogP contribution is 2.24. The number of hydrogen-bond donors (Lipinski definition) is 0. The SMILES string of the molecule is CN(CCC1CCCC1=O)Cc1cscn1. The van der Waals surface area contributed by atoms with Crippen molar-refractivity contribution in [2.75, 3.05) is 13.6 Å². The van der Waals surface area contributed by atoms with Gasteiger partial charge in [-0.2, -0.15) is 0 Å². The lowest BCUT2D eigenvalue weighted by molar-refractivity contribution is -0.120. The van der Waals surface area contributed by atoms with Crippen LogP contribution >= 0.6 is 11.3 Å². The second-order valence-corrected chi connectivity index (χ2v) is 5.28. The third-order valence-corrected chi connectivity index (χ3v) is 3.84. The summed E-state index contributed by atoms with van der Waals surface area (Å²) in [5.74, 6) is 0.806. The summed E-state index contributed by atoms with van der Waals surface area (Å²) < 4.78 is 0. The van der Waals surface area contributed by atoms with Crippen molar-refractivity contribution in [3.63, 3.8) is 0 Å². The molecule has 0 amide bonds. The van der Waals surface area contributed by atoms with Crippen LogP contribution in [-0.4, -0.2) is 29.3 Å². The monoisotopic (exact) mass is 238 g/mol. The number of ketones is 1. The Labute approximate surface area is 100 Å². The van der Waals surface area contributed by atoms with Gasteiger partial charge in [-0.1, -0.05) is 0 Å². The Hall–Kier alpha value is -0.740. The Morgan fingerprint density at radius 1 is 1.62 bits per heavy atom. The van der Waals surface area contributed by atoms with E-state index in [1.807, 2.05) is 5.51 Å². The van der Waals surface area contributed by atoms with E-state index in [1.165, 1.54) is 0 Å². The van der Waals surface area contributed by atoms with E-state index in [4.69, 9.17) is 0 Å². The van der Waals surface area contributed by atoms with E-state index in [-0.39, 0.29) is 0 Å². The molecule has 1 heterocycles. The summed E-state index contributed by atoms with van der Waals surface area (Å²) in [7, 11) is 2.10. The normalized spacial score (nSPS) is 20.9. The molecule has 1 atom stereocenters. The van der Waals surface area contributed by atoms with Crippen LogP contribution in [0.25, 0.3) is 0 Å². The molecule has 1 saturated carbocycles. The molecule has 4 heteroatoms. The van der Waals surface area contributed by atoms with Gasteiger partial charge in [-0.3, -0.25) is 4.79 Å². The van der Waals surface area contributed by atoms with E-state index < -0.39 is 0 Å². The van der Waals surface area contributed by atoms with Gasteiger partial charge in [-0.05, 0) is 32.9 Å². The zero-order valence-electron chi connectivity index (χ0n) is 9.69. The average molecular weight is 238 g/mol. The number of rotatable bonds is 5. The van der Waals surface area contributed by atoms with Crippen molar-refractivity contribution < 1.29 is 4.79 Å². The molecule has 1 fully saturated rings. The molecular weight excluding hydrogens is 220 g/mol. The second kappa shape index (κ2) is 5.55. The van der Waals surface area contributed by atoms with Crippen LogP contribution in [0.15, 0.2) is 10.9 Å². The van der Waals surface area contributed by atoms with Crippen molar-refractivity contribution in [2.24, 2.45) is 5.92 Å². The third kappa shape index (κ3) is 3.12. The summed E-state index contributed by atoms with van der Waals surface area (Å²) in [5.41, 5.74) is 2.99. The summed E-state index contributed by atoms with van der Waals surface area (Å²) >= 11 is 1.63. The molecule has 0 bridgehead atoms. The van der Waals surface area contributed by atoms with E-state index >= 15 is 0 Å². The maximum Gasteiger partial charge on any atom is 0.136 e. The van der Waals surface area contributed by atoms with Crippen LogP contribution in [0.5, 0.6) is 0 Å². The van der Waals surface area contributed by atoms with E-state index in [1.54, 1.807) is 11.3 Å². The highest BCUT2D eigenvalue weighted by atomic mass is 32.1. The Bertz CT molecular complexity index is 337. The molecule has 88 valence electrons. The Balaban J connectivity index is 1.71. The molecule has 1 aromatic rings. The summed E-state index contributed by atoms with van der Waals surface area (Å²) in [4.78, 5) is 18.0. The number of hydrogen-bond acceptors (Lipinski definition) is 4. The highest BCUT2D eigenvalue weighted by molar-refractivity contribution is 7.07. The lowest BCUT2D eigenvalue weighted by atomic mass is 10.0. The fraction of sp³-hybridized carbons (Fsp3) is 0.667. The zero-order valence-corrected chi connectivity index (χ0v) is 10.5. The first kappa shape index (κ1) is 11.7. The predicted molar refractivity (Wildman–Crippen MR) is 65.4 cm³/mol. The standard InChI is InChI=1S/C12H18N2OS/c1-14(7-11-8-16-9-13-11)6-5-10-3-2-4-12(10)15/h8-10H,2-7H2,1H3. The third-order valence-electron chi connectivity index (χ3n) is 3.21. The Kier molecular flexibility index (Phi) is 4.07. The van der Waals surface area contributed by atoms with Gasteiger partial charge in [-0.15, -0.1) is 11.3 Å². The molecule has 2 rings (SSSR count). The van der Waals surface area contributed by atoms with E-state index in [9.17, 15) is 4.79 Å². The van der Waals surface area contributed by atoms with Crippen LogP contribution in [0.4, 0.5) is 0 Å². The van der Waals surface area contributed by atoms with Crippen molar-refractivity contribution in [1.29, 1.82) is 0 Å². The fourth-order valence-electron chi connectivity index (χ4n) is 2.24. The topological polar surface area (TPSA) is 33.2 Å². The van der Waals surface area contributed by atoms with Crippen LogP contribution in [-0.2, 0) is 11.3 Å². The Morgan fingerprint density at radius 2 is 2.50 bits per heavy atom. The molecule has 0 aromatic carbocycles. The van der Waals surface area contributed by atoms with Crippen molar-refractivity contribution in [3.05, 3.63) is 16.6 Å². The van der Waals surface area contributed by atoms with Crippen molar-refractivity contribution in [2.45, 2.75) is 32.2 Å². The Morgan fingerprint density at radius 3 is 3.12 bits per heavy atom. The first-order valence-electron chi connectivity index (χ1n) is 5.84. The summed E-state index contributed by atoms with van der Waals surface area (Å²) in [6, 6.07) is 0. The smallest absolute Gasteiger partial charge is 0.136 e. The van der Waals surface area contributed by atoms with Gasteiger partial charge in [0.25, 0.3) is 0 Å². The molecule has 0 saturated heterocycles. The van der Waals surface area contributed by atoms with E-state index in [2.05, 4.69) is 22.3 Å². The fourth-order valence-corrected chi connectivity index (χ4v) is 2.79.